The third-order valence-electron chi connectivity index (χ3n) is 6.59. The van der Waals surface area contributed by atoms with E-state index >= 15 is 0 Å². The van der Waals surface area contributed by atoms with Crippen LogP contribution in [0, 0.1) is 0 Å². The topological polar surface area (TPSA) is 32.7 Å². The number of methoxy groups -OCH3 is 1. The minimum absolute atomic E-state index is 0. The fourth-order valence-electron chi connectivity index (χ4n) is 4.84. The van der Waals surface area contributed by atoms with Gasteiger partial charge in [-0.25, -0.2) is 0 Å². The molecule has 3 aromatic carbocycles. The van der Waals surface area contributed by atoms with Gasteiger partial charge in [0.2, 0.25) is 0 Å². The van der Waals surface area contributed by atoms with Crippen molar-refractivity contribution in [3.05, 3.63) is 106 Å². The maximum Gasteiger partial charge on any atom is 0.161 e. The summed E-state index contributed by atoms with van der Waals surface area (Å²) in [5, 5.41) is 9.77. The lowest BCUT2D eigenvalue weighted by atomic mass is 9.86. The summed E-state index contributed by atoms with van der Waals surface area (Å²) in [7, 11) is 1.57. The number of halogens is 1. The van der Waals surface area contributed by atoms with E-state index in [9.17, 15) is 5.11 Å². The number of phenolic OH excluding ortho intramolecular Hbond substituents is 1. The Balaban J connectivity index is 0.00000274. The molecule has 0 spiro atoms. The molecular formula is C30H30ClNO2. The summed E-state index contributed by atoms with van der Waals surface area (Å²) in [6.45, 7) is 3.03. The quantitative estimate of drug-likeness (QED) is 0.350. The molecule has 0 saturated carbocycles. The van der Waals surface area contributed by atoms with Crippen LogP contribution in [-0.4, -0.2) is 36.8 Å². The zero-order valence-electron chi connectivity index (χ0n) is 19.4. The van der Waals surface area contributed by atoms with Crippen LogP contribution < -0.4 is 4.74 Å². The first-order valence-electron chi connectivity index (χ1n) is 11.6. The summed E-state index contributed by atoms with van der Waals surface area (Å²) in [5.74, 6) is 0.674. The average Bonchev–Trinajstić information content (AvgIpc) is 3.02. The molecule has 1 saturated heterocycles. The molecule has 3 nitrogen and oxygen atoms in total. The Bertz CT molecular complexity index is 1200. The van der Waals surface area contributed by atoms with Gasteiger partial charge in [0.05, 0.1) is 7.11 Å². The number of hydrogen-bond acceptors (Lipinski definition) is 3. The van der Waals surface area contributed by atoms with E-state index in [1.165, 1.54) is 27.8 Å². The van der Waals surface area contributed by atoms with Crippen LogP contribution in [0.4, 0.5) is 0 Å². The van der Waals surface area contributed by atoms with Gasteiger partial charge in [-0.2, -0.15) is 0 Å². The van der Waals surface area contributed by atoms with Crippen molar-refractivity contribution >= 4 is 36.2 Å². The van der Waals surface area contributed by atoms with E-state index in [0.717, 1.165) is 38.0 Å². The van der Waals surface area contributed by atoms with Crippen LogP contribution in [0.25, 0.3) is 23.8 Å². The Kier molecular flexibility index (Phi) is 7.56. The average molecular weight is 472 g/mol. The highest BCUT2D eigenvalue weighted by Crippen LogP contribution is 2.38. The number of hydrogen-bond donors (Lipinski definition) is 1. The van der Waals surface area contributed by atoms with Crippen LogP contribution in [0.3, 0.4) is 0 Å². The number of rotatable bonds is 4. The Hall–Kier alpha value is -3.27. The molecular weight excluding hydrogens is 442 g/mol. The molecule has 0 radical (unpaired) electrons. The zero-order chi connectivity index (χ0) is 22.6. The summed E-state index contributed by atoms with van der Waals surface area (Å²) in [5.41, 5.74) is 9.31. The van der Waals surface area contributed by atoms with Gasteiger partial charge in [0.1, 0.15) is 0 Å². The predicted octanol–water partition coefficient (Wildman–Crippen LogP) is 6.92. The van der Waals surface area contributed by atoms with Gasteiger partial charge in [-0.15, -0.1) is 12.4 Å². The van der Waals surface area contributed by atoms with E-state index in [1.54, 1.807) is 18.7 Å². The van der Waals surface area contributed by atoms with Gasteiger partial charge in [-0.3, -0.25) is 4.90 Å². The third-order valence-corrected chi connectivity index (χ3v) is 6.59. The maximum absolute atomic E-state index is 9.77. The number of ether oxygens (including phenoxy) is 1. The number of piperidine rings is 1. The minimum Gasteiger partial charge on any atom is -0.504 e. The lowest BCUT2D eigenvalue weighted by molar-refractivity contribution is 0.284. The highest BCUT2D eigenvalue weighted by atomic mass is 35.5. The van der Waals surface area contributed by atoms with Gasteiger partial charge in [0.25, 0.3) is 0 Å². The summed E-state index contributed by atoms with van der Waals surface area (Å²) in [6.07, 6.45) is 11.0. The second-order valence-corrected chi connectivity index (χ2v) is 8.62. The number of likely N-dealkylation sites (tertiary alicyclic amines) is 1. The normalized spacial score (nSPS) is 15.4. The lowest BCUT2D eigenvalue weighted by Gasteiger charge is -2.29. The second-order valence-electron chi connectivity index (χ2n) is 8.62. The zero-order valence-corrected chi connectivity index (χ0v) is 20.2. The first kappa shape index (κ1) is 23.9. The van der Waals surface area contributed by atoms with E-state index in [4.69, 9.17) is 4.74 Å². The van der Waals surface area contributed by atoms with E-state index in [1.807, 2.05) is 12.1 Å². The molecule has 34 heavy (non-hydrogen) atoms. The maximum atomic E-state index is 9.77. The van der Waals surface area contributed by atoms with Crippen LogP contribution >= 0.6 is 12.4 Å². The monoisotopic (exact) mass is 471 g/mol. The van der Waals surface area contributed by atoms with Crippen molar-refractivity contribution in [3.8, 4) is 11.5 Å². The van der Waals surface area contributed by atoms with Crippen molar-refractivity contribution in [2.45, 2.75) is 12.8 Å². The molecule has 1 fully saturated rings. The molecule has 174 valence electrons. The SMILES string of the molecule is COc1cc(C=CCN2CCC(=C3c4ccccc4C=Cc4ccccc43)CC2)ccc1O.Cl. The van der Waals surface area contributed by atoms with E-state index < -0.39 is 0 Å². The van der Waals surface area contributed by atoms with Crippen molar-refractivity contribution < 1.29 is 9.84 Å². The first-order chi connectivity index (χ1) is 16.2. The minimum atomic E-state index is 0. The largest absolute Gasteiger partial charge is 0.504 e. The van der Waals surface area contributed by atoms with Gasteiger partial charge >= 0.3 is 0 Å². The molecule has 2 aliphatic rings. The van der Waals surface area contributed by atoms with Gasteiger partial charge < -0.3 is 9.84 Å². The fraction of sp³-hybridized carbons (Fsp3) is 0.200. The smallest absolute Gasteiger partial charge is 0.161 e. The Morgan fingerprint density at radius 1 is 0.882 bits per heavy atom. The van der Waals surface area contributed by atoms with Crippen molar-refractivity contribution in [1.82, 2.24) is 4.90 Å². The molecule has 0 amide bonds. The van der Waals surface area contributed by atoms with E-state index in [2.05, 4.69) is 77.7 Å². The molecule has 1 N–H and O–H groups in total. The van der Waals surface area contributed by atoms with Crippen molar-refractivity contribution in [2.24, 2.45) is 0 Å². The summed E-state index contributed by atoms with van der Waals surface area (Å²) < 4.78 is 5.21. The highest BCUT2D eigenvalue weighted by Gasteiger charge is 2.22. The Morgan fingerprint density at radius 3 is 2.12 bits per heavy atom. The van der Waals surface area contributed by atoms with Crippen LogP contribution in [0.15, 0.2) is 78.4 Å². The Morgan fingerprint density at radius 2 is 1.50 bits per heavy atom. The molecule has 3 aromatic rings. The molecule has 1 aliphatic carbocycles. The van der Waals surface area contributed by atoms with Gasteiger partial charge in [0.15, 0.2) is 11.5 Å². The van der Waals surface area contributed by atoms with Crippen LogP contribution in [0.2, 0.25) is 0 Å². The Labute approximate surface area is 208 Å². The number of phenols is 1. The van der Waals surface area contributed by atoms with Crippen LogP contribution in [-0.2, 0) is 0 Å². The van der Waals surface area contributed by atoms with Crippen LogP contribution in [0.1, 0.15) is 40.7 Å². The van der Waals surface area contributed by atoms with Crippen molar-refractivity contribution in [3.63, 3.8) is 0 Å². The summed E-state index contributed by atoms with van der Waals surface area (Å²) >= 11 is 0. The lowest BCUT2D eigenvalue weighted by Crippen LogP contribution is -2.31. The molecule has 4 heteroatoms. The predicted molar refractivity (Wildman–Crippen MR) is 144 cm³/mol. The van der Waals surface area contributed by atoms with Gasteiger partial charge in [0, 0.05) is 19.6 Å². The van der Waals surface area contributed by atoms with E-state index in [-0.39, 0.29) is 18.2 Å². The molecule has 1 heterocycles. The molecule has 5 rings (SSSR count). The van der Waals surface area contributed by atoms with Crippen molar-refractivity contribution in [2.75, 3.05) is 26.7 Å². The first-order valence-corrected chi connectivity index (χ1v) is 11.6. The van der Waals surface area contributed by atoms with E-state index in [0.29, 0.717) is 5.75 Å². The number of fused-ring (bicyclic) bond motifs is 2. The van der Waals surface area contributed by atoms with Gasteiger partial charge in [-0.1, -0.05) is 84.5 Å². The highest BCUT2D eigenvalue weighted by molar-refractivity contribution is 5.94. The summed E-state index contributed by atoms with van der Waals surface area (Å²) in [4.78, 5) is 2.50. The number of nitrogens with zero attached hydrogens (tertiary/aromatic N) is 1. The molecule has 0 aromatic heterocycles. The molecule has 0 bridgehead atoms. The third kappa shape index (κ3) is 4.96. The molecule has 0 unspecified atom stereocenters. The van der Waals surface area contributed by atoms with Crippen molar-refractivity contribution in [1.29, 1.82) is 0 Å². The molecule has 0 atom stereocenters. The number of aromatic hydroxyl groups is 1. The van der Waals surface area contributed by atoms with Crippen LogP contribution in [0.5, 0.6) is 11.5 Å². The van der Waals surface area contributed by atoms with Gasteiger partial charge in [-0.05, 0) is 58.4 Å². The molecule has 1 aliphatic heterocycles. The summed E-state index contributed by atoms with van der Waals surface area (Å²) in [6, 6.07) is 23.0. The second kappa shape index (κ2) is 10.8. The standard InChI is InChI=1S/C30H29NO2.ClH/c1-33-29-21-22(12-15-28(29)32)7-6-18-31-19-16-25(17-20-31)30-26-10-4-2-8-23(26)13-14-24-9-3-5-11-27(24)30;/h2-15,21,32H,16-20H2,1H3;1H. The number of benzene rings is 3. The fourth-order valence-corrected chi connectivity index (χ4v) is 4.84.